The number of likely N-dealkylation sites (N-methyl/N-ethyl adjacent to an activating group) is 1. The molecule has 0 amide bonds. The highest BCUT2D eigenvalue weighted by Gasteiger charge is 2.28. The Morgan fingerprint density at radius 2 is 1.84 bits per heavy atom. The third-order valence-electron chi connectivity index (χ3n) is 5.03. The fourth-order valence-corrected chi connectivity index (χ4v) is 3.33. The number of benzene rings is 2. The first-order chi connectivity index (χ1) is 11.8. The van der Waals surface area contributed by atoms with E-state index in [0.29, 0.717) is 0 Å². The molecule has 1 aliphatic heterocycles. The van der Waals surface area contributed by atoms with Gasteiger partial charge in [-0.15, -0.1) is 0 Å². The van der Waals surface area contributed by atoms with Crippen molar-refractivity contribution in [3.8, 4) is 5.75 Å². The molecule has 1 aliphatic rings. The molecule has 0 bridgehead atoms. The molecule has 0 aliphatic carbocycles. The number of rotatable bonds is 3. The summed E-state index contributed by atoms with van der Waals surface area (Å²) in [5.41, 5.74) is 7.07. The van der Waals surface area contributed by atoms with Crippen molar-refractivity contribution in [2.45, 2.75) is 33.2 Å². The van der Waals surface area contributed by atoms with Gasteiger partial charge in [0, 0.05) is 24.5 Å². The van der Waals surface area contributed by atoms with E-state index in [1.165, 1.54) is 22.4 Å². The summed E-state index contributed by atoms with van der Waals surface area (Å²) in [6.45, 7) is 8.81. The molecule has 0 unspecified atom stereocenters. The average molecular weight is 334 g/mol. The maximum absolute atomic E-state index is 5.38. The van der Waals surface area contributed by atoms with Gasteiger partial charge >= 0.3 is 0 Å². The summed E-state index contributed by atoms with van der Waals surface area (Å²) in [6.07, 6.45) is 4.26. The van der Waals surface area contributed by atoms with Gasteiger partial charge in [-0.3, -0.25) is 4.99 Å². The van der Waals surface area contributed by atoms with E-state index in [1.54, 1.807) is 7.11 Å². The number of hydrogen-bond donors (Lipinski definition) is 0. The molecule has 2 aromatic carbocycles. The number of aryl methyl sites for hydroxylation is 1. The van der Waals surface area contributed by atoms with E-state index in [4.69, 9.17) is 4.74 Å². The maximum Gasteiger partial charge on any atom is 0.144 e. The minimum Gasteiger partial charge on any atom is -0.494 e. The minimum absolute atomic E-state index is 0.0243. The van der Waals surface area contributed by atoms with Crippen LogP contribution in [0.1, 0.15) is 37.5 Å². The third kappa shape index (κ3) is 3.19. The van der Waals surface area contributed by atoms with Crippen LogP contribution in [0.15, 0.2) is 47.5 Å². The fraction of sp³-hybridized carbons (Fsp3) is 0.318. The van der Waals surface area contributed by atoms with Crippen LogP contribution in [0.3, 0.4) is 0 Å². The monoisotopic (exact) mass is 334 g/mol. The molecule has 3 heteroatoms. The molecule has 0 spiro atoms. The second-order valence-corrected chi connectivity index (χ2v) is 7.20. The number of allylic oxidation sites excluding steroid dienone is 1. The van der Waals surface area contributed by atoms with E-state index in [2.05, 4.69) is 62.8 Å². The van der Waals surface area contributed by atoms with Crippen molar-refractivity contribution in [2.75, 3.05) is 19.1 Å². The Morgan fingerprint density at radius 3 is 2.56 bits per heavy atom. The Hall–Kier alpha value is -2.55. The number of para-hydroxylation sites is 2. The van der Waals surface area contributed by atoms with Gasteiger partial charge in [0.05, 0.1) is 12.6 Å². The highest BCUT2D eigenvalue weighted by Crippen LogP contribution is 2.39. The quantitative estimate of drug-likeness (QED) is 0.703. The normalized spacial score (nSPS) is 15.9. The fourth-order valence-electron chi connectivity index (χ4n) is 3.33. The van der Waals surface area contributed by atoms with E-state index in [-0.39, 0.29) is 5.54 Å². The lowest BCUT2D eigenvalue weighted by molar-refractivity contribution is 0.416. The summed E-state index contributed by atoms with van der Waals surface area (Å²) < 4.78 is 5.38. The maximum atomic E-state index is 5.38. The van der Waals surface area contributed by atoms with Gasteiger partial charge in [0.15, 0.2) is 0 Å². The second kappa shape index (κ2) is 6.40. The molecule has 0 aromatic heterocycles. The van der Waals surface area contributed by atoms with E-state index in [9.17, 15) is 0 Å². The van der Waals surface area contributed by atoms with Crippen LogP contribution in [-0.4, -0.2) is 25.9 Å². The van der Waals surface area contributed by atoms with Crippen LogP contribution in [0.4, 0.5) is 11.4 Å². The van der Waals surface area contributed by atoms with Crippen molar-refractivity contribution in [1.29, 1.82) is 0 Å². The summed E-state index contributed by atoms with van der Waals surface area (Å²) in [6, 6.07) is 12.3. The first-order valence-corrected chi connectivity index (χ1v) is 8.59. The summed E-state index contributed by atoms with van der Waals surface area (Å²) in [4.78, 5) is 6.98. The Bertz CT molecular complexity index is 862. The van der Waals surface area contributed by atoms with E-state index in [1.807, 2.05) is 30.5 Å². The van der Waals surface area contributed by atoms with Crippen LogP contribution in [-0.2, 0) is 0 Å². The zero-order valence-electron chi connectivity index (χ0n) is 15.9. The summed E-state index contributed by atoms with van der Waals surface area (Å²) >= 11 is 0. The SMILES string of the molecule is COc1ccccc1N=Cc1cc2c(cc1C)N(C)C(C)(C)C=C2C. The number of anilines is 1. The van der Waals surface area contributed by atoms with Gasteiger partial charge < -0.3 is 9.64 Å². The highest BCUT2D eigenvalue weighted by atomic mass is 16.5. The molecule has 3 rings (SSSR count). The predicted molar refractivity (Wildman–Crippen MR) is 108 cm³/mol. The minimum atomic E-state index is 0.0243. The Kier molecular flexibility index (Phi) is 4.42. The summed E-state index contributed by atoms with van der Waals surface area (Å²) in [5.74, 6) is 0.784. The third-order valence-corrected chi connectivity index (χ3v) is 5.03. The molecule has 3 nitrogen and oxygen atoms in total. The molecule has 130 valence electrons. The molecule has 0 radical (unpaired) electrons. The van der Waals surface area contributed by atoms with Crippen LogP contribution in [0.5, 0.6) is 5.75 Å². The highest BCUT2D eigenvalue weighted by molar-refractivity contribution is 5.90. The zero-order valence-corrected chi connectivity index (χ0v) is 15.9. The average Bonchev–Trinajstić information content (AvgIpc) is 2.58. The number of ether oxygens (including phenoxy) is 1. The molecule has 0 atom stereocenters. The van der Waals surface area contributed by atoms with Gasteiger partial charge in [-0.1, -0.05) is 18.2 Å². The molecule has 25 heavy (non-hydrogen) atoms. The summed E-state index contributed by atoms with van der Waals surface area (Å²) in [7, 11) is 3.83. The van der Waals surface area contributed by atoms with Gasteiger partial charge in [0.25, 0.3) is 0 Å². The van der Waals surface area contributed by atoms with Crippen molar-refractivity contribution < 1.29 is 4.74 Å². The Balaban J connectivity index is 2.03. The van der Waals surface area contributed by atoms with Gasteiger partial charge in [0.2, 0.25) is 0 Å². The Labute approximate surface area is 150 Å². The standard InChI is InChI=1S/C22H26N2O/c1-15-11-20-18(16(2)13-22(3,4)24(20)5)12-17(15)14-23-19-9-7-8-10-21(19)25-6/h7-14H,1-6H3. The van der Waals surface area contributed by atoms with E-state index in [0.717, 1.165) is 17.0 Å². The van der Waals surface area contributed by atoms with E-state index >= 15 is 0 Å². The lowest BCUT2D eigenvalue weighted by Crippen LogP contribution is -2.42. The van der Waals surface area contributed by atoms with Crippen molar-refractivity contribution in [1.82, 2.24) is 0 Å². The lowest BCUT2D eigenvalue weighted by Gasteiger charge is -2.41. The van der Waals surface area contributed by atoms with E-state index < -0.39 is 0 Å². The number of fused-ring (bicyclic) bond motifs is 1. The zero-order chi connectivity index (χ0) is 18.2. The largest absolute Gasteiger partial charge is 0.494 e. The topological polar surface area (TPSA) is 24.8 Å². The molecular formula is C22H26N2O. The van der Waals surface area contributed by atoms with Gasteiger partial charge in [0.1, 0.15) is 11.4 Å². The number of hydrogen-bond acceptors (Lipinski definition) is 3. The first-order valence-electron chi connectivity index (χ1n) is 8.59. The number of methoxy groups -OCH3 is 1. The van der Waals surface area contributed by atoms with Crippen molar-refractivity contribution >= 4 is 23.2 Å². The van der Waals surface area contributed by atoms with Crippen LogP contribution < -0.4 is 9.64 Å². The van der Waals surface area contributed by atoms with Gasteiger partial charge in [-0.05, 0) is 68.7 Å². The molecule has 0 saturated heterocycles. The van der Waals surface area contributed by atoms with Crippen LogP contribution in [0.25, 0.3) is 5.57 Å². The molecule has 0 fully saturated rings. The molecule has 2 aromatic rings. The summed E-state index contributed by atoms with van der Waals surface area (Å²) in [5, 5.41) is 0. The molecule has 0 N–H and O–H groups in total. The molecular weight excluding hydrogens is 308 g/mol. The van der Waals surface area contributed by atoms with Crippen LogP contribution >= 0.6 is 0 Å². The first kappa shape index (κ1) is 17.3. The number of nitrogens with zero attached hydrogens (tertiary/aromatic N) is 2. The van der Waals surface area contributed by atoms with Gasteiger partial charge in [-0.2, -0.15) is 0 Å². The Morgan fingerprint density at radius 1 is 1.12 bits per heavy atom. The van der Waals surface area contributed by atoms with Crippen LogP contribution in [0, 0.1) is 6.92 Å². The second-order valence-electron chi connectivity index (χ2n) is 7.20. The van der Waals surface area contributed by atoms with Gasteiger partial charge in [-0.25, -0.2) is 0 Å². The van der Waals surface area contributed by atoms with Crippen molar-refractivity contribution in [3.05, 3.63) is 59.2 Å². The smallest absolute Gasteiger partial charge is 0.144 e. The van der Waals surface area contributed by atoms with Crippen molar-refractivity contribution in [3.63, 3.8) is 0 Å². The van der Waals surface area contributed by atoms with Crippen molar-refractivity contribution in [2.24, 2.45) is 4.99 Å². The number of aliphatic imine (C=N–C) groups is 1. The molecule has 0 saturated carbocycles. The molecule has 1 heterocycles. The lowest BCUT2D eigenvalue weighted by atomic mass is 9.87. The van der Waals surface area contributed by atoms with Crippen LogP contribution in [0.2, 0.25) is 0 Å². The predicted octanol–water partition coefficient (Wildman–Crippen LogP) is 5.39.